The highest BCUT2D eigenvalue weighted by atomic mass is 32.2. The lowest BCUT2D eigenvalue weighted by molar-refractivity contribution is 0.102. The topological polar surface area (TPSA) is 69.9 Å². The highest BCUT2D eigenvalue weighted by molar-refractivity contribution is 7.99. The first-order chi connectivity index (χ1) is 14.2. The summed E-state index contributed by atoms with van der Waals surface area (Å²) in [5, 5.41) is 10.3. The molecule has 5 rings (SSSR count). The molecule has 0 amide bonds. The molecular formula is C22H20N4O2S. The van der Waals surface area contributed by atoms with Crippen molar-refractivity contribution < 1.29 is 9.53 Å². The molecule has 0 saturated carbocycles. The summed E-state index contributed by atoms with van der Waals surface area (Å²) < 4.78 is 7.70. The number of thioether (sulfide) groups is 1. The Morgan fingerprint density at radius 3 is 3.00 bits per heavy atom. The number of para-hydroxylation sites is 1. The number of aromatic nitrogens is 4. The van der Waals surface area contributed by atoms with Crippen molar-refractivity contribution in [3.63, 3.8) is 0 Å². The van der Waals surface area contributed by atoms with E-state index >= 15 is 0 Å². The summed E-state index contributed by atoms with van der Waals surface area (Å²) in [6.45, 7) is 3.70. The average molecular weight is 404 g/mol. The molecule has 7 heteroatoms. The molecule has 146 valence electrons. The predicted octanol–water partition coefficient (Wildman–Crippen LogP) is 4.30. The van der Waals surface area contributed by atoms with Crippen LogP contribution in [0.5, 0.6) is 5.75 Å². The Bertz CT molecular complexity index is 1230. The average Bonchev–Trinajstić information content (AvgIpc) is 3.35. The molecule has 0 unspecified atom stereocenters. The van der Waals surface area contributed by atoms with Gasteiger partial charge in [0, 0.05) is 23.9 Å². The fourth-order valence-corrected chi connectivity index (χ4v) is 4.45. The van der Waals surface area contributed by atoms with Gasteiger partial charge in [-0.2, -0.15) is 0 Å². The quantitative estimate of drug-likeness (QED) is 0.352. The van der Waals surface area contributed by atoms with Crippen LogP contribution in [0.3, 0.4) is 0 Å². The van der Waals surface area contributed by atoms with Crippen LogP contribution in [0.15, 0.2) is 47.6 Å². The van der Waals surface area contributed by atoms with Gasteiger partial charge in [0.05, 0.1) is 17.9 Å². The van der Waals surface area contributed by atoms with Crippen LogP contribution in [-0.4, -0.2) is 37.9 Å². The molecule has 0 spiro atoms. The Hall–Kier alpha value is -2.93. The highest BCUT2D eigenvalue weighted by Crippen LogP contribution is 2.29. The molecule has 3 heterocycles. The summed E-state index contributed by atoms with van der Waals surface area (Å²) >= 11 is 1.33. The van der Waals surface area contributed by atoms with Crippen molar-refractivity contribution in [1.29, 1.82) is 0 Å². The number of carbonyl (C=O) groups is 1. The number of aryl methyl sites for hydroxylation is 1. The van der Waals surface area contributed by atoms with Gasteiger partial charge in [-0.25, -0.2) is 4.98 Å². The van der Waals surface area contributed by atoms with Crippen LogP contribution in [0.4, 0.5) is 0 Å². The van der Waals surface area contributed by atoms with E-state index in [1.807, 2.05) is 36.4 Å². The Morgan fingerprint density at radius 2 is 2.10 bits per heavy atom. The van der Waals surface area contributed by atoms with E-state index in [0.717, 1.165) is 52.8 Å². The molecule has 2 aromatic carbocycles. The maximum atomic E-state index is 12.6. The van der Waals surface area contributed by atoms with Gasteiger partial charge in [-0.3, -0.25) is 4.79 Å². The number of ether oxygens (including phenoxy) is 1. The third kappa shape index (κ3) is 3.25. The van der Waals surface area contributed by atoms with Gasteiger partial charge in [0.2, 0.25) is 5.16 Å². The maximum absolute atomic E-state index is 12.6. The number of ketones is 1. The summed E-state index contributed by atoms with van der Waals surface area (Å²) in [5.41, 5.74) is 4.56. The monoisotopic (exact) mass is 404 g/mol. The standard InChI is InChI=1S/C22H20N4O2S/c1-2-10-26-17-6-4-3-5-16(17)20-21(26)23-22(25-24-20)29-13-18(27)14-7-8-19-15(12-14)9-11-28-19/h3-8,12H,2,9-11,13H2,1H3. The molecule has 6 nitrogen and oxygen atoms in total. The Balaban J connectivity index is 1.41. The normalized spacial score (nSPS) is 13.0. The molecule has 1 aliphatic heterocycles. The molecule has 1 aliphatic rings. The molecule has 0 bridgehead atoms. The fraction of sp³-hybridized carbons (Fsp3) is 0.273. The minimum Gasteiger partial charge on any atom is -0.493 e. The molecule has 4 aromatic rings. The molecule has 0 radical (unpaired) electrons. The van der Waals surface area contributed by atoms with Crippen LogP contribution in [0.2, 0.25) is 0 Å². The molecule has 0 atom stereocenters. The number of rotatable bonds is 6. The number of Topliss-reactive ketones (excluding diaryl/α,β-unsaturated/α-hetero) is 1. The van der Waals surface area contributed by atoms with Crippen molar-refractivity contribution in [2.24, 2.45) is 0 Å². The number of carbonyl (C=O) groups excluding carboxylic acids is 1. The van der Waals surface area contributed by atoms with Gasteiger partial charge in [0.25, 0.3) is 0 Å². The van der Waals surface area contributed by atoms with Crippen LogP contribution in [0.25, 0.3) is 22.1 Å². The van der Waals surface area contributed by atoms with Crippen LogP contribution in [0, 0.1) is 0 Å². The van der Waals surface area contributed by atoms with Crippen LogP contribution in [0.1, 0.15) is 29.3 Å². The predicted molar refractivity (Wildman–Crippen MR) is 114 cm³/mol. The van der Waals surface area contributed by atoms with E-state index in [-0.39, 0.29) is 11.5 Å². The van der Waals surface area contributed by atoms with Crippen molar-refractivity contribution in [2.75, 3.05) is 12.4 Å². The van der Waals surface area contributed by atoms with Gasteiger partial charge >= 0.3 is 0 Å². The first-order valence-electron chi connectivity index (χ1n) is 9.78. The van der Waals surface area contributed by atoms with Gasteiger partial charge in [-0.05, 0) is 36.2 Å². The summed E-state index contributed by atoms with van der Waals surface area (Å²) in [6, 6.07) is 13.8. The zero-order chi connectivity index (χ0) is 19.8. The van der Waals surface area contributed by atoms with Crippen molar-refractivity contribution in [2.45, 2.75) is 31.5 Å². The van der Waals surface area contributed by atoms with Crippen LogP contribution < -0.4 is 4.74 Å². The summed E-state index contributed by atoms with van der Waals surface area (Å²) in [4.78, 5) is 17.4. The Labute approximate surface area is 172 Å². The van der Waals surface area contributed by atoms with Crippen LogP contribution in [-0.2, 0) is 13.0 Å². The van der Waals surface area contributed by atoms with E-state index in [9.17, 15) is 4.79 Å². The van der Waals surface area contributed by atoms with E-state index in [2.05, 4.69) is 27.8 Å². The summed E-state index contributed by atoms with van der Waals surface area (Å²) in [5.74, 6) is 1.22. The largest absolute Gasteiger partial charge is 0.493 e. The minimum absolute atomic E-state index is 0.0579. The molecule has 0 aliphatic carbocycles. The molecule has 2 aromatic heterocycles. The molecule has 0 N–H and O–H groups in total. The fourth-order valence-electron chi connectivity index (χ4n) is 3.77. The van der Waals surface area contributed by atoms with Crippen molar-refractivity contribution >= 4 is 39.6 Å². The third-order valence-electron chi connectivity index (χ3n) is 5.15. The lowest BCUT2D eigenvalue weighted by atomic mass is 10.1. The molecule has 0 saturated heterocycles. The minimum atomic E-state index is 0.0579. The number of hydrogen-bond acceptors (Lipinski definition) is 6. The van der Waals surface area contributed by atoms with E-state index in [0.29, 0.717) is 17.3 Å². The zero-order valence-corrected chi connectivity index (χ0v) is 16.9. The molecule has 0 fully saturated rings. The third-order valence-corrected chi connectivity index (χ3v) is 5.98. The number of benzene rings is 2. The van der Waals surface area contributed by atoms with E-state index in [1.165, 1.54) is 11.8 Å². The zero-order valence-electron chi connectivity index (χ0n) is 16.1. The Morgan fingerprint density at radius 1 is 1.21 bits per heavy atom. The first-order valence-corrected chi connectivity index (χ1v) is 10.8. The van der Waals surface area contributed by atoms with Gasteiger partial charge in [-0.1, -0.05) is 36.9 Å². The SMILES string of the molecule is CCCn1c2ccccc2c2nnc(SCC(=O)c3ccc4c(c3)CCO4)nc21. The highest BCUT2D eigenvalue weighted by Gasteiger charge is 2.17. The van der Waals surface area contributed by atoms with E-state index in [4.69, 9.17) is 9.72 Å². The summed E-state index contributed by atoms with van der Waals surface area (Å²) in [7, 11) is 0. The number of hydrogen-bond donors (Lipinski definition) is 0. The lowest BCUT2D eigenvalue weighted by Gasteiger charge is -2.05. The van der Waals surface area contributed by atoms with Crippen molar-refractivity contribution in [3.8, 4) is 5.75 Å². The van der Waals surface area contributed by atoms with Gasteiger partial charge in [-0.15, -0.1) is 10.2 Å². The number of fused-ring (bicyclic) bond motifs is 4. The Kier molecular flexibility index (Phi) is 4.67. The van der Waals surface area contributed by atoms with E-state index in [1.54, 1.807) is 0 Å². The van der Waals surface area contributed by atoms with Gasteiger partial charge < -0.3 is 9.30 Å². The second kappa shape index (κ2) is 7.48. The van der Waals surface area contributed by atoms with Crippen molar-refractivity contribution in [3.05, 3.63) is 53.6 Å². The molecular weight excluding hydrogens is 384 g/mol. The second-order valence-electron chi connectivity index (χ2n) is 7.07. The maximum Gasteiger partial charge on any atom is 0.211 e. The number of nitrogens with zero attached hydrogens (tertiary/aromatic N) is 4. The van der Waals surface area contributed by atoms with Gasteiger partial charge in [0.15, 0.2) is 11.4 Å². The first kappa shape index (κ1) is 18.1. The lowest BCUT2D eigenvalue weighted by Crippen LogP contribution is -2.05. The second-order valence-corrected chi connectivity index (χ2v) is 8.01. The summed E-state index contributed by atoms with van der Waals surface area (Å²) in [6.07, 6.45) is 1.86. The van der Waals surface area contributed by atoms with Crippen LogP contribution >= 0.6 is 11.8 Å². The smallest absolute Gasteiger partial charge is 0.211 e. The molecule has 29 heavy (non-hydrogen) atoms. The van der Waals surface area contributed by atoms with Gasteiger partial charge in [0.1, 0.15) is 11.3 Å². The van der Waals surface area contributed by atoms with Crippen molar-refractivity contribution in [1.82, 2.24) is 19.7 Å². The van der Waals surface area contributed by atoms with E-state index < -0.39 is 0 Å².